The number of rotatable bonds is 4. The molecule has 1 saturated heterocycles. The second-order valence-electron chi connectivity index (χ2n) is 5.69. The van der Waals surface area contributed by atoms with Crippen molar-refractivity contribution >= 4 is 16.0 Å². The van der Waals surface area contributed by atoms with E-state index in [4.69, 9.17) is 14.7 Å². The van der Waals surface area contributed by atoms with E-state index in [1.807, 2.05) is 6.07 Å². The van der Waals surface area contributed by atoms with Crippen LogP contribution >= 0.6 is 0 Å². The maximum absolute atomic E-state index is 14.2. The average molecular weight is 390 g/mol. The molecular formula is C18H15FN2O5S. The molecule has 0 amide bonds. The molecule has 0 saturated carbocycles. The number of nitriles is 1. The van der Waals surface area contributed by atoms with E-state index in [0.29, 0.717) is 5.56 Å². The molecule has 1 heterocycles. The Balaban J connectivity index is 1.85. The zero-order valence-electron chi connectivity index (χ0n) is 14.1. The fraction of sp³-hybridized carbons (Fsp3) is 0.222. The molecule has 0 bridgehead atoms. The lowest BCUT2D eigenvalue weighted by Gasteiger charge is -2.26. The number of nitrogens with zero attached hydrogens (tertiary/aromatic N) is 2. The lowest BCUT2D eigenvalue weighted by atomic mass is 10.2. The minimum absolute atomic E-state index is 0.104. The third-order valence-electron chi connectivity index (χ3n) is 3.95. The van der Waals surface area contributed by atoms with Crippen LogP contribution in [-0.2, 0) is 14.8 Å². The first-order valence-corrected chi connectivity index (χ1v) is 9.45. The zero-order chi connectivity index (χ0) is 19.4. The summed E-state index contributed by atoms with van der Waals surface area (Å²) in [6.07, 6.45) is 0. The second-order valence-corrected chi connectivity index (χ2v) is 7.59. The number of carbonyl (C=O) groups excluding carboxylic acids is 1. The summed E-state index contributed by atoms with van der Waals surface area (Å²) in [5.41, 5.74) is 0.295. The van der Waals surface area contributed by atoms with Crippen LogP contribution in [0.3, 0.4) is 0 Å². The highest BCUT2D eigenvalue weighted by Crippen LogP contribution is 2.23. The van der Waals surface area contributed by atoms with Crippen molar-refractivity contribution in [3.8, 4) is 11.8 Å². The topological polar surface area (TPSA) is 96.7 Å². The number of halogens is 1. The fourth-order valence-corrected chi connectivity index (χ4v) is 4.02. The van der Waals surface area contributed by atoms with Crippen molar-refractivity contribution < 1.29 is 27.1 Å². The van der Waals surface area contributed by atoms with Gasteiger partial charge in [-0.05, 0) is 42.5 Å². The zero-order valence-corrected chi connectivity index (χ0v) is 14.9. The Hall–Kier alpha value is -2.80. The Kier molecular flexibility index (Phi) is 5.51. The summed E-state index contributed by atoms with van der Waals surface area (Å²) in [5.74, 6) is -1.60. The predicted octanol–water partition coefficient (Wildman–Crippen LogP) is 1.94. The van der Waals surface area contributed by atoms with Crippen molar-refractivity contribution in [1.29, 1.82) is 5.26 Å². The Morgan fingerprint density at radius 1 is 1.15 bits per heavy atom. The van der Waals surface area contributed by atoms with Crippen molar-refractivity contribution in [1.82, 2.24) is 4.31 Å². The van der Waals surface area contributed by atoms with E-state index in [1.54, 1.807) is 0 Å². The standard InChI is InChI=1S/C18H15FN2O5S/c19-16-6-3-14(18(22)26-15-4-1-13(12-20)2-5-15)11-17(16)27(23,24)21-7-9-25-10-8-21/h1-6,11H,7-10H2. The molecule has 0 radical (unpaired) electrons. The van der Waals surface area contributed by atoms with Gasteiger partial charge in [0.25, 0.3) is 0 Å². The number of ether oxygens (including phenoxy) is 2. The van der Waals surface area contributed by atoms with Gasteiger partial charge in [-0.1, -0.05) is 0 Å². The number of hydrogen-bond acceptors (Lipinski definition) is 6. The van der Waals surface area contributed by atoms with Gasteiger partial charge < -0.3 is 9.47 Å². The smallest absolute Gasteiger partial charge is 0.343 e. The van der Waals surface area contributed by atoms with E-state index in [2.05, 4.69) is 0 Å². The number of morpholine rings is 1. The van der Waals surface area contributed by atoms with E-state index in [-0.39, 0.29) is 37.6 Å². The fourth-order valence-electron chi connectivity index (χ4n) is 2.52. The molecule has 3 rings (SSSR count). The van der Waals surface area contributed by atoms with E-state index in [1.165, 1.54) is 24.3 Å². The molecule has 7 nitrogen and oxygen atoms in total. The van der Waals surface area contributed by atoms with Gasteiger partial charge in [-0.25, -0.2) is 17.6 Å². The summed E-state index contributed by atoms with van der Waals surface area (Å²) in [6, 6.07) is 10.8. The first kappa shape index (κ1) is 19.0. The van der Waals surface area contributed by atoms with E-state index in [0.717, 1.165) is 22.5 Å². The van der Waals surface area contributed by atoms with Crippen molar-refractivity contribution in [2.24, 2.45) is 0 Å². The van der Waals surface area contributed by atoms with Gasteiger partial charge in [-0.15, -0.1) is 0 Å². The minimum atomic E-state index is -4.10. The molecule has 0 spiro atoms. The van der Waals surface area contributed by atoms with Gasteiger partial charge in [0.15, 0.2) is 0 Å². The summed E-state index contributed by atoms with van der Waals surface area (Å²) in [6.45, 7) is 0.673. The van der Waals surface area contributed by atoms with Crippen molar-refractivity contribution in [2.45, 2.75) is 4.90 Å². The summed E-state index contributed by atoms with van der Waals surface area (Å²) in [4.78, 5) is 11.7. The van der Waals surface area contributed by atoms with Gasteiger partial charge in [0.2, 0.25) is 10.0 Å². The van der Waals surface area contributed by atoms with Gasteiger partial charge in [0, 0.05) is 13.1 Å². The average Bonchev–Trinajstić information content (AvgIpc) is 2.69. The van der Waals surface area contributed by atoms with Crippen LogP contribution in [0.25, 0.3) is 0 Å². The molecule has 0 aromatic heterocycles. The summed E-state index contributed by atoms with van der Waals surface area (Å²) < 4.78 is 50.9. The van der Waals surface area contributed by atoms with E-state index >= 15 is 0 Å². The number of hydrogen-bond donors (Lipinski definition) is 0. The van der Waals surface area contributed by atoms with Crippen LogP contribution in [0.15, 0.2) is 47.4 Å². The monoisotopic (exact) mass is 390 g/mol. The lowest BCUT2D eigenvalue weighted by molar-refractivity contribution is 0.0726. The van der Waals surface area contributed by atoms with Gasteiger partial charge in [-0.3, -0.25) is 0 Å². The van der Waals surface area contributed by atoms with E-state index in [9.17, 15) is 17.6 Å². The van der Waals surface area contributed by atoms with Crippen molar-refractivity contribution in [2.75, 3.05) is 26.3 Å². The van der Waals surface area contributed by atoms with Crippen molar-refractivity contribution in [3.63, 3.8) is 0 Å². The molecule has 140 valence electrons. The highest BCUT2D eigenvalue weighted by atomic mass is 32.2. The van der Waals surface area contributed by atoms with Crippen LogP contribution in [0.5, 0.6) is 5.75 Å². The molecule has 0 aliphatic carbocycles. The molecule has 1 aliphatic heterocycles. The Morgan fingerprint density at radius 2 is 1.81 bits per heavy atom. The van der Waals surface area contributed by atoms with Gasteiger partial charge in [-0.2, -0.15) is 9.57 Å². The SMILES string of the molecule is N#Cc1ccc(OC(=O)c2ccc(F)c(S(=O)(=O)N3CCOCC3)c2)cc1. The Labute approximate surface area is 155 Å². The molecule has 1 aliphatic rings. The maximum atomic E-state index is 14.2. The quantitative estimate of drug-likeness (QED) is 0.585. The normalized spacial score (nSPS) is 15.1. The summed E-state index contributed by atoms with van der Waals surface area (Å²) >= 11 is 0. The number of sulfonamides is 1. The maximum Gasteiger partial charge on any atom is 0.343 e. The molecular weight excluding hydrogens is 375 g/mol. The first-order valence-electron chi connectivity index (χ1n) is 8.01. The third kappa shape index (κ3) is 4.14. The van der Waals surface area contributed by atoms with Crippen LogP contribution in [-0.4, -0.2) is 45.0 Å². The predicted molar refractivity (Wildman–Crippen MR) is 92.1 cm³/mol. The second kappa shape index (κ2) is 7.84. The Bertz CT molecular complexity index is 993. The number of benzene rings is 2. The van der Waals surface area contributed by atoms with E-state index < -0.39 is 26.7 Å². The van der Waals surface area contributed by atoms with Crippen LogP contribution in [0.4, 0.5) is 4.39 Å². The molecule has 2 aromatic carbocycles. The molecule has 0 N–H and O–H groups in total. The van der Waals surface area contributed by atoms with Crippen molar-refractivity contribution in [3.05, 3.63) is 59.4 Å². The molecule has 27 heavy (non-hydrogen) atoms. The highest BCUT2D eigenvalue weighted by molar-refractivity contribution is 7.89. The van der Waals surface area contributed by atoms with Gasteiger partial charge >= 0.3 is 5.97 Å². The van der Waals surface area contributed by atoms with Gasteiger partial charge in [0.05, 0.1) is 30.4 Å². The number of carbonyl (C=O) groups is 1. The van der Waals surface area contributed by atoms with Crippen LogP contribution in [0, 0.1) is 17.1 Å². The highest BCUT2D eigenvalue weighted by Gasteiger charge is 2.30. The molecule has 9 heteroatoms. The Morgan fingerprint density at radius 3 is 2.44 bits per heavy atom. The largest absolute Gasteiger partial charge is 0.423 e. The van der Waals surface area contributed by atoms with Crippen LogP contribution < -0.4 is 4.74 Å². The molecule has 0 atom stereocenters. The molecule has 0 unspecified atom stereocenters. The van der Waals surface area contributed by atoms with Crippen LogP contribution in [0.1, 0.15) is 15.9 Å². The van der Waals surface area contributed by atoms with Gasteiger partial charge in [0.1, 0.15) is 16.5 Å². The summed E-state index contributed by atoms with van der Waals surface area (Å²) in [5, 5.41) is 8.77. The van der Waals surface area contributed by atoms with Crippen LogP contribution in [0.2, 0.25) is 0 Å². The molecule has 1 fully saturated rings. The minimum Gasteiger partial charge on any atom is -0.423 e. The first-order chi connectivity index (χ1) is 12.9. The third-order valence-corrected chi connectivity index (χ3v) is 5.86. The number of esters is 1. The molecule has 2 aromatic rings. The lowest BCUT2D eigenvalue weighted by Crippen LogP contribution is -2.41. The summed E-state index contributed by atoms with van der Waals surface area (Å²) in [7, 11) is -4.10.